The number of carbonyl (C=O) groups excluding carboxylic acids is 1. The van der Waals surface area contributed by atoms with Gasteiger partial charge in [0, 0.05) is 11.9 Å². The van der Waals surface area contributed by atoms with E-state index in [0.717, 1.165) is 23.0 Å². The molecule has 0 radical (unpaired) electrons. The fraction of sp³-hybridized carbons (Fsp3) is 0.130. The summed E-state index contributed by atoms with van der Waals surface area (Å²) in [5.74, 6) is 1.10. The minimum absolute atomic E-state index is 0.0435. The molecule has 4 aromatic rings. The minimum Gasteiger partial charge on any atom is -0.486 e. The number of amides is 1. The number of fused-ring (bicyclic) bond motifs is 1. The molecule has 8 heteroatoms. The molecule has 0 aliphatic rings. The summed E-state index contributed by atoms with van der Waals surface area (Å²) >= 11 is 0. The molecule has 0 fully saturated rings. The Hall–Kier alpha value is -3.65. The van der Waals surface area contributed by atoms with E-state index in [-0.39, 0.29) is 24.0 Å². The maximum atomic E-state index is 12.7. The fourth-order valence-electron chi connectivity index (χ4n) is 3.21. The average molecular weight is 436 g/mol. The molecule has 7 nitrogen and oxygen atoms in total. The first-order valence-corrected chi connectivity index (χ1v) is 11.5. The van der Waals surface area contributed by atoms with Crippen molar-refractivity contribution in [3.05, 3.63) is 84.7 Å². The first-order chi connectivity index (χ1) is 14.9. The van der Waals surface area contributed by atoms with Crippen molar-refractivity contribution in [1.29, 1.82) is 0 Å². The SMILES string of the molecule is CS(=O)(=O)c1ccc(NC(=O)Cn2c(COc3ccccc3)nc3ccccc32)cc1. The van der Waals surface area contributed by atoms with E-state index >= 15 is 0 Å². The maximum absolute atomic E-state index is 12.7. The van der Waals surface area contributed by atoms with Gasteiger partial charge in [-0.05, 0) is 48.5 Å². The summed E-state index contributed by atoms with van der Waals surface area (Å²) in [7, 11) is -3.29. The molecule has 0 saturated heterocycles. The van der Waals surface area contributed by atoms with E-state index < -0.39 is 9.84 Å². The van der Waals surface area contributed by atoms with Crippen LogP contribution in [0, 0.1) is 0 Å². The van der Waals surface area contributed by atoms with Crippen LogP contribution in [0.25, 0.3) is 11.0 Å². The zero-order valence-corrected chi connectivity index (χ0v) is 17.7. The normalized spacial score (nSPS) is 11.4. The second-order valence-corrected chi connectivity index (χ2v) is 9.07. The molecule has 0 unspecified atom stereocenters. The van der Waals surface area contributed by atoms with Crippen LogP contribution in [0.5, 0.6) is 5.75 Å². The monoisotopic (exact) mass is 435 g/mol. The van der Waals surface area contributed by atoms with Crippen LogP contribution >= 0.6 is 0 Å². The van der Waals surface area contributed by atoms with E-state index in [2.05, 4.69) is 10.3 Å². The van der Waals surface area contributed by atoms with E-state index in [4.69, 9.17) is 4.74 Å². The molecule has 1 aromatic heterocycles. The molecule has 0 aliphatic heterocycles. The molecule has 1 N–H and O–H groups in total. The molecule has 3 aromatic carbocycles. The lowest BCUT2D eigenvalue weighted by Gasteiger charge is -2.11. The minimum atomic E-state index is -3.29. The number of para-hydroxylation sites is 3. The molecule has 0 saturated carbocycles. The number of rotatable bonds is 7. The number of nitrogens with one attached hydrogen (secondary N) is 1. The Morgan fingerprint density at radius 2 is 1.65 bits per heavy atom. The number of ether oxygens (including phenoxy) is 1. The zero-order chi connectivity index (χ0) is 21.8. The molecule has 1 amide bonds. The van der Waals surface area contributed by atoms with Gasteiger partial charge in [0.15, 0.2) is 9.84 Å². The number of aromatic nitrogens is 2. The summed E-state index contributed by atoms with van der Waals surface area (Å²) in [4.78, 5) is 17.5. The Bertz CT molecular complexity index is 1310. The highest BCUT2D eigenvalue weighted by Crippen LogP contribution is 2.19. The van der Waals surface area contributed by atoms with Crippen molar-refractivity contribution in [1.82, 2.24) is 9.55 Å². The molecule has 0 atom stereocenters. The number of hydrogen-bond acceptors (Lipinski definition) is 5. The van der Waals surface area contributed by atoms with Crippen LogP contribution < -0.4 is 10.1 Å². The molecule has 1 heterocycles. The van der Waals surface area contributed by atoms with E-state index in [1.54, 1.807) is 12.1 Å². The summed E-state index contributed by atoms with van der Waals surface area (Å²) in [5.41, 5.74) is 2.13. The van der Waals surface area contributed by atoms with E-state index in [1.807, 2.05) is 59.2 Å². The van der Waals surface area contributed by atoms with Crippen molar-refractivity contribution in [2.75, 3.05) is 11.6 Å². The first kappa shape index (κ1) is 20.6. The quantitative estimate of drug-likeness (QED) is 0.478. The summed E-state index contributed by atoms with van der Waals surface area (Å²) in [6, 6.07) is 23.1. The Morgan fingerprint density at radius 1 is 0.968 bits per heavy atom. The number of anilines is 1. The largest absolute Gasteiger partial charge is 0.486 e. The highest BCUT2D eigenvalue weighted by molar-refractivity contribution is 7.90. The van der Waals surface area contributed by atoms with E-state index in [0.29, 0.717) is 11.5 Å². The van der Waals surface area contributed by atoms with Gasteiger partial charge in [0.05, 0.1) is 15.9 Å². The van der Waals surface area contributed by atoms with Crippen molar-refractivity contribution >= 4 is 32.5 Å². The highest BCUT2D eigenvalue weighted by Gasteiger charge is 2.15. The number of sulfone groups is 1. The Kier molecular flexibility index (Phi) is 5.73. The van der Waals surface area contributed by atoms with Crippen LogP contribution in [0.15, 0.2) is 83.8 Å². The highest BCUT2D eigenvalue weighted by atomic mass is 32.2. The standard InChI is InChI=1S/C23H21N3O4S/c1-31(28,29)19-13-11-17(12-14-19)24-23(27)15-26-21-10-6-5-9-20(21)25-22(26)16-30-18-7-3-2-4-8-18/h2-14H,15-16H2,1H3,(H,24,27). The number of carbonyl (C=O) groups is 1. The van der Waals surface area contributed by atoms with Gasteiger partial charge < -0.3 is 14.6 Å². The molecule has 0 bridgehead atoms. The lowest BCUT2D eigenvalue weighted by atomic mass is 10.3. The third-order valence-corrected chi connectivity index (χ3v) is 5.84. The second-order valence-electron chi connectivity index (χ2n) is 7.05. The van der Waals surface area contributed by atoms with Gasteiger partial charge in [-0.2, -0.15) is 0 Å². The van der Waals surface area contributed by atoms with Gasteiger partial charge in [0.1, 0.15) is 24.7 Å². The van der Waals surface area contributed by atoms with Gasteiger partial charge in [-0.15, -0.1) is 0 Å². The van der Waals surface area contributed by atoms with Crippen molar-refractivity contribution < 1.29 is 17.9 Å². The number of hydrogen-bond donors (Lipinski definition) is 1. The van der Waals surface area contributed by atoms with Crippen molar-refractivity contribution in [2.24, 2.45) is 0 Å². The van der Waals surface area contributed by atoms with Crippen LogP contribution in [0.3, 0.4) is 0 Å². The second kappa shape index (κ2) is 8.61. The van der Waals surface area contributed by atoms with E-state index in [9.17, 15) is 13.2 Å². The number of imidazole rings is 1. The van der Waals surface area contributed by atoms with Crippen LogP contribution in [-0.2, 0) is 27.8 Å². The van der Waals surface area contributed by atoms with E-state index in [1.165, 1.54) is 12.1 Å². The van der Waals surface area contributed by atoms with Crippen LogP contribution in [-0.4, -0.2) is 30.1 Å². The summed E-state index contributed by atoms with van der Waals surface area (Å²) in [6.07, 6.45) is 1.14. The third kappa shape index (κ3) is 4.92. The van der Waals surface area contributed by atoms with Crippen molar-refractivity contribution in [3.63, 3.8) is 0 Å². The lowest BCUT2D eigenvalue weighted by molar-refractivity contribution is -0.116. The average Bonchev–Trinajstić information content (AvgIpc) is 3.10. The maximum Gasteiger partial charge on any atom is 0.244 e. The van der Waals surface area contributed by atoms with Gasteiger partial charge in [0.2, 0.25) is 5.91 Å². The Labute approximate surface area is 180 Å². The summed E-state index contributed by atoms with van der Waals surface area (Å²) < 4.78 is 30.8. The lowest BCUT2D eigenvalue weighted by Crippen LogP contribution is -2.20. The van der Waals surface area contributed by atoms with Gasteiger partial charge in [-0.1, -0.05) is 30.3 Å². The predicted octanol–water partition coefficient (Wildman–Crippen LogP) is 3.66. The number of benzene rings is 3. The predicted molar refractivity (Wildman–Crippen MR) is 119 cm³/mol. The third-order valence-electron chi connectivity index (χ3n) is 4.71. The smallest absolute Gasteiger partial charge is 0.244 e. The van der Waals surface area contributed by atoms with Crippen LogP contribution in [0.1, 0.15) is 5.82 Å². The van der Waals surface area contributed by atoms with Crippen molar-refractivity contribution in [3.8, 4) is 5.75 Å². The topological polar surface area (TPSA) is 90.3 Å². The molecule has 4 rings (SSSR count). The molecular weight excluding hydrogens is 414 g/mol. The summed E-state index contributed by atoms with van der Waals surface area (Å²) in [6.45, 7) is 0.261. The van der Waals surface area contributed by atoms with Crippen molar-refractivity contribution in [2.45, 2.75) is 18.0 Å². The Morgan fingerprint density at radius 3 is 2.35 bits per heavy atom. The molecule has 31 heavy (non-hydrogen) atoms. The molecule has 0 spiro atoms. The number of nitrogens with zero attached hydrogens (tertiary/aromatic N) is 2. The zero-order valence-electron chi connectivity index (χ0n) is 16.9. The van der Waals surface area contributed by atoms with Gasteiger partial charge in [-0.3, -0.25) is 4.79 Å². The summed E-state index contributed by atoms with van der Waals surface area (Å²) in [5, 5.41) is 2.80. The fourth-order valence-corrected chi connectivity index (χ4v) is 3.84. The van der Waals surface area contributed by atoms with Crippen LogP contribution in [0.2, 0.25) is 0 Å². The molecule has 158 valence electrons. The van der Waals surface area contributed by atoms with Crippen LogP contribution in [0.4, 0.5) is 5.69 Å². The first-order valence-electron chi connectivity index (χ1n) is 9.62. The molecule has 0 aliphatic carbocycles. The Balaban J connectivity index is 1.53. The van der Waals surface area contributed by atoms with Gasteiger partial charge in [-0.25, -0.2) is 13.4 Å². The van der Waals surface area contributed by atoms with Gasteiger partial charge >= 0.3 is 0 Å². The molecular formula is C23H21N3O4S. The van der Waals surface area contributed by atoms with Gasteiger partial charge in [0.25, 0.3) is 0 Å².